The number of rotatable bonds is 10. The summed E-state index contributed by atoms with van der Waals surface area (Å²) >= 11 is 2.07. The standard InChI is InChI=1S/C18H35N3O2S.HI/c1-3-19-18(20-11-16(22)13-23-12-14-8-9-14)21-15-6-5-7-17(10-15)24-4-2;/h14-17,22H,3-13H2,1-2H3,(H2,19,20,21);1H. The zero-order valence-electron chi connectivity index (χ0n) is 15.7. The van der Waals surface area contributed by atoms with Gasteiger partial charge in [-0.25, -0.2) is 0 Å². The van der Waals surface area contributed by atoms with Crippen LogP contribution in [-0.4, -0.2) is 60.5 Å². The SMILES string of the molecule is CCNC(=NCC(O)COCC1CC1)NC1CCCC(SCC)C1.I. The second kappa shape index (κ2) is 13.4. The van der Waals surface area contributed by atoms with Crippen LogP contribution in [0, 0.1) is 5.92 Å². The molecule has 5 nitrogen and oxygen atoms in total. The Kier molecular flexibility index (Phi) is 12.5. The summed E-state index contributed by atoms with van der Waals surface area (Å²) in [4.78, 5) is 4.55. The second-order valence-corrected chi connectivity index (χ2v) is 8.52. The van der Waals surface area contributed by atoms with Gasteiger partial charge in [-0.2, -0.15) is 11.8 Å². The van der Waals surface area contributed by atoms with Gasteiger partial charge in [-0.15, -0.1) is 24.0 Å². The number of halogens is 1. The molecular weight excluding hydrogens is 449 g/mol. The van der Waals surface area contributed by atoms with E-state index in [0.717, 1.165) is 30.3 Å². The summed E-state index contributed by atoms with van der Waals surface area (Å²) in [5.41, 5.74) is 0. The normalized spacial score (nSPS) is 25.2. The van der Waals surface area contributed by atoms with Crippen LogP contribution in [0.3, 0.4) is 0 Å². The lowest BCUT2D eigenvalue weighted by molar-refractivity contribution is 0.0368. The molecule has 0 aromatic heterocycles. The van der Waals surface area contributed by atoms with Crippen molar-refractivity contribution >= 4 is 41.7 Å². The van der Waals surface area contributed by atoms with Crippen LogP contribution in [0.5, 0.6) is 0 Å². The number of hydrogen-bond donors (Lipinski definition) is 3. The van der Waals surface area contributed by atoms with Gasteiger partial charge in [0.25, 0.3) is 0 Å². The molecule has 0 radical (unpaired) electrons. The number of aliphatic hydroxyl groups is 1. The molecule has 3 unspecified atom stereocenters. The Labute approximate surface area is 174 Å². The lowest BCUT2D eigenvalue weighted by Crippen LogP contribution is -2.46. The van der Waals surface area contributed by atoms with Crippen LogP contribution < -0.4 is 10.6 Å². The largest absolute Gasteiger partial charge is 0.389 e. The molecule has 2 fully saturated rings. The molecule has 0 aromatic carbocycles. The first kappa shape index (κ1) is 23.3. The third-order valence-corrected chi connectivity index (χ3v) is 5.77. The third-order valence-electron chi connectivity index (χ3n) is 4.53. The molecule has 148 valence electrons. The molecule has 3 atom stereocenters. The monoisotopic (exact) mass is 485 g/mol. The smallest absolute Gasteiger partial charge is 0.191 e. The molecule has 2 rings (SSSR count). The van der Waals surface area contributed by atoms with Crippen molar-refractivity contribution in [1.29, 1.82) is 0 Å². The van der Waals surface area contributed by atoms with E-state index in [-0.39, 0.29) is 24.0 Å². The predicted octanol–water partition coefficient (Wildman–Crippen LogP) is 3.01. The number of aliphatic hydroxyl groups excluding tert-OH is 1. The van der Waals surface area contributed by atoms with E-state index in [9.17, 15) is 5.11 Å². The zero-order chi connectivity index (χ0) is 17.2. The molecule has 7 heteroatoms. The number of nitrogens with zero attached hydrogens (tertiary/aromatic N) is 1. The van der Waals surface area contributed by atoms with E-state index in [1.807, 2.05) is 0 Å². The molecule has 2 saturated carbocycles. The number of ether oxygens (including phenoxy) is 1. The predicted molar refractivity (Wildman–Crippen MR) is 118 cm³/mol. The number of guanidine groups is 1. The van der Waals surface area contributed by atoms with Gasteiger partial charge < -0.3 is 20.5 Å². The van der Waals surface area contributed by atoms with E-state index >= 15 is 0 Å². The van der Waals surface area contributed by atoms with Crippen LogP contribution in [0.2, 0.25) is 0 Å². The molecule has 0 heterocycles. The van der Waals surface area contributed by atoms with Crippen LogP contribution in [0.15, 0.2) is 4.99 Å². The van der Waals surface area contributed by atoms with Crippen molar-refractivity contribution in [1.82, 2.24) is 10.6 Å². The quantitative estimate of drug-likeness (QED) is 0.252. The molecule has 25 heavy (non-hydrogen) atoms. The van der Waals surface area contributed by atoms with E-state index in [4.69, 9.17) is 4.74 Å². The van der Waals surface area contributed by atoms with Crippen LogP contribution in [0.4, 0.5) is 0 Å². The van der Waals surface area contributed by atoms with Crippen molar-refractivity contribution in [2.45, 2.75) is 69.8 Å². The molecule has 0 spiro atoms. The summed E-state index contributed by atoms with van der Waals surface area (Å²) in [7, 11) is 0. The van der Waals surface area contributed by atoms with E-state index in [2.05, 4.69) is 41.2 Å². The summed E-state index contributed by atoms with van der Waals surface area (Å²) in [6.45, 7) is 6.71. The molecule has 2 aliphatic rings. The Hall–Kier alpha value is 0.270. The summed E-state index contributed by atoms with van der Waals surface area (Å²) < 4.78 is 5.54. The third kappa shape index (κ3) is 10.2. The van der Waals surface area contributed by atoms with Gasteiger partial charge in [-0.3, -0.25) is 4.99 Å². The minimum absolute atomic E-state index is 0. The van der Waals surface area contributed by atoms with Gasteiger partial charge >= 0.3 is 0 Å². The number of nitrogens with one attached hydrogen (secondary N) is 2. The molecule has 0 aromatic rings. The van der Waals surface area contributed by atoms with Crippen LogP contribution >= 0.6 is 35.7 Å². The highest BCUT2D eigenvalue weighted by Crippen LogP contribution is 2.29. The highest BCUT2D eigenvalue weighted by Gasteiger charge is 2.23. The lowest BCUT2D eigenvalue weighted by Gasteiger charge is -2.30. The van der Waals surface area contributed by atoms with Gasteiger partial charge in [0.2, 0.25) is 0 Å². The summed E-state index contributed by atoms with van der Waals surface area (Å²) in [5.74, 6) is 2.75. The van der Waals surface area contributed by atoms with Gasteiger partial charge in [-0.1, -0.05) is 13.3 Å². The van der Waals surface area contributed by atoms with Crippen molar-refractivity contribution in [3.63, 3.8) is 0 Å². The van der Waals surface area contributed by atoms with Gasteiger partial charge in [0.15, 0.2) is 5.96 Å². The van der Waals surface area contributed by atoms with Gasteiger partial charge in [0.1, 0.15) is 0 Å². The maximum atomic E-state index is 10.0. The highest BCUT2D eigenvalue weighted by molar-refractivity contribution is 14.0. The fourth-order valence-corrected chi connectivity index (χ4v) is 4.25. The Bertz CT molecular complexity index is 381. The van der Waals surface area contributed by atoms with Crippen molar-refractivity contribution in [2.24, 2.45) is 10.9 Å². The van der Waals surface area contributed by atoms with Gasteiger partial charge in [0.05, 0.1) is 19.3 Å². The van der Waals surface area contributed by atoms with Crippen molar-refractivity contribution < 1.29 is 9.84 Å². The summed E-state index contributed by atoms with van der Waals surface area (Å²) in [5, 5.41) is 17.7. The Morgan fingerprint density at radius 1 is 1.28 bits per heavy atom. The number of thioether (sulfide) groups is 1. The minimum Gasteiger partial charge on any atom is -0.389 e. The Balaban J connectivity index is 0.00000312. The van der Waals surface area contributed by atoms with Crippen molar-refractivity contribution in [3.8, 4) is 0 Å². The molecule has 0 amide bonds. The van der Waals surface area contributed by atoms with Gasteiger partial charge in [0, 0.05) is 24.4 Å². The fraction of sp³-hybridized carbons (Fsp3) is 0.944. The average Bonchev–Trinajstić information content (AvgIpc) is 3.38. The molecule has 0 saturated heterocycles. The molecule has 2 aliphatic carbocycles. The number of aliphatic imine (C=N–C) groups is 1. The van der Waals surface area contributed by atoms with Crippen molar-refractivity contribution in [3.05, 3.63) is 0 Å². The topological polar surface area (TPSA) is 65.9 Å². The molecular formula is C18H36IN3O2S. The summed E-state index contributed by atoms with van der Waals surface area (Å²) in [6.07, 6.45) is 7.07. The van der Waals surface area contributed by atoms with Gasteiger partial charge in [-0.05, 0) is 50.7 Å². The van der Waals surface area contributed by atoms with Crippen molar-refractivity contribution in [2.75, 3.05) is 32.1 Å². The number of hydrogen-bond acceptors (Lipinski definition) is 4. The maximum Gasteiger partial charge on any atom is 0.191 e. The highest BCUT2D eigenvalue weighted by atomic mass is 127. The first-order chi connectivity index (χ1) is 11.7. The van der Waals surface area contributed by atoms with Crippen LogP contribution in [-0.2, 0) is 4.74 Å². The van der Waals surface area contributed by atoms with E-state index in [1.54, 1.807) is 0 Å². The first-order valence-corrected chi connectivity index (χ1v) is 10.7. The van der Waals surface area contributed by atoms with Crippen LogP contribution in [0.1, 0.15) is 52.4 Å². The van der Waals surface area contributed by atoms with Crippen LogP contribution in [0.25, 0.3) is 0 Å². The van der Waals surface area contributed by atoms with E-state index in [0.29, 0.717) is 19.2 Å². The average molecular weight is 485 g/mol. The molecule has 3 N–H and O–H groups in total. The summed E-state index contributed by atoms with van der Waals surface area (Å²) in [6, 6.07) is 0.490. The Morgan fingerprint density at radius 2 is 2.08 bits per heavy atom. The zero-order valence-corrected chi connectivity index (χ0v) is 18.9. The minimum atomic E-state index is -0.519. The van der Waals surface area contributed by atoms with E-state index < -0.39 is 6.10 Å². The van der Waals surface area contributed by atoms with E-state index in [1.165, 1.54) is 44.3 Å². The Morgan fingerprint density at radius 3 is 2.76 bits per heavy atom. The molecule has 0 bridgehead atoms. The fourth-order valence-electron chi connectivity index (χ4n) is 3.08. The first-order valence-electron chi connectivity index (χ1n) is 9.63. The second-order valence-electron chi connectivity index (χ2n) is 6.94. The lowest BCUT2D eigenvalue weighted by atomic mass is 9.95. The maximum absolute atomic E-state index is 10.0. The molecule has 0 aliphatic heterocycles.